The highest BCUT2D eigenvalue weighted by Gasteiger charge is 2.51. The van der Waals surface area contributed by atoms with Crippen LogP contribution in [0, 0.1) is 0 Å². The van der Waals surface area contributed by atoms with Crippen molar-refractivity contribution in [3.05, 3.63) is 42.2 Å². The van der Waals surface area contributed by atoms with Crippen molar-refractivity contribution in [2.45, 2.75) is 101 Å². The molecule has 0 bridgehead atoms. The van der Waals surface area contributed by atoms with Crippen LogP contribution in [0.4, 0.5) is 24.9 Å². The van der Waals surface area contributed by atoms with Crippen LogP contribution in [-0.4, -0.2) is 111 Å². The number of halogens is 3. The first-order chi connectivity index (χ1) is 23.4. The van der Waals surface area contributed by atoms with Gasteiger partial charge in [0.15, 0.2) is 23.1 Å². The molecular formula is C33H43F3N8O5. The van der Waals surface area contributed by atoms with Crippen molar-refractivity contribution >= 4 is 34.8 Å². The average Bonchev–Trinajstić information content (AvgIpc) is 3.88. The minimum absolute atomic E-state index is 0.0271. The van der Waals surface area contributed by atoms with E-state index in [1.165, 1.54) is 10.9 Å². The number of aliphatic hydroxyl groups is 1. The molecule has 13 nitrogen and oxygen atoms in total. The van der Waals surface area contributed by atoms with Gasteiger partial charge in [0, 0.05) is 25.6 Å². The maximum atomic E-state index is 13.4. The first-order valence-electron chi connectivity index (χ1n) is 16.8. The molecule has 0 spiro atoms. The largest absolute Gasteiger partial charge is 0.490 e. The molecule has 49 heavy (non-hydrogen) atoms. The summed E-state index contributed by atoms with van der Waals surface area (Å²) in [5.74, 6) is -1.97. The Bertz CT molecular complexity index is 1620. The lowest BCUT2D eigenvalue weighted by molar-refractivity contribution is -0.209. The molecule has 0 radical (unpaired) electrons. The highest BCUT2D eigenvalue weighted by molar-refractivity contribution is 5.85. The Morgan fingerprint density at radius 3 is 2.57 bits per heavy atom. The average molecular weight is 689 g/mol. The second kappa shape index (κ2) is 14.5. The number of likely N-dealkylation sites (N-methyl/N-ethyl adjacent to an activating group) is 1. The molecule has 6 rings (SSSR count). The second-order valence-corrected chi connectivity index (χ2v) is 13.3. The molecular weight excluding hydrogens is 645 g/mol. The van der Waals surface area contributed by atoms with Crippen molar-refractivity contribution < 1.29 is 37.3 Å². The van der Waals surface area contributed by atoms with Crippen LogP contribution >= 0.6 is 0 Å². The third-order valence-electron chi connectivity index (χ3n) is 9.79. The van der Waals surface area contributed by atoms with Gasteiger partial charge in [-0.25, -0.2) is 9.78 Å². The number of rotatable bonds is 11. The number of hydrogen-bond acceptors (Lipinski definition) is 11. The first-order valence-corrected chi connectivity index (χ1v) is 16.8. The summed E-state index contributed by atoms with van der Waals surface area (Å²) in [6.45, 7) is 3.43. The predicted molar refractivity (Wildman–Crippen MR) is 174 cm³/mol. The van der Waals surface area contributed by atoms with Crippen LogP contribution in [-0.2, 0) is 25.7 Å². The molecule has 1 saturated heterocycles. The van der Waals surface area contributed by atoms with Gasteiger partial charge in [-0.2, -0.15) is 23.1 Å². The van der Waals surface area contributed by atoms with Gasteiger partial charge in [-0.1, -0.05) is 37.3 Å². The van der Waals surface area contributed by atoms with E-state index < -0.39 is 42.3 Å². The normalized spacial score (nSPS) is 27.3. The third-order valence-corrected chi connectivity index (χ3v) is 9.79. The Hall–Kier alpha value is -4.02. The van der Waals surface area contributed by atoms with Gasteiger partial charge in [-0.05, 0) is 51.8 Å². The molecule has 3 aliphatic rings. The molecule has 2 aromatic heterocycles. The third kappa shape index (κ3) is 7.60. The summed E-state index contributed by atoms with van der Waals surface area (Å²) >= 11 is 0. The van der Waals surface area contributed by atoms with E-state index in [2.05, 4.69) is 25.4 Å². The van der Waals surface area contributed by atoms with Crippen molar-refractivity contribution in [3.63, 3.8) is 0 Å². The van der Waals surface area contributed by atoms with E-state index in [0.717, 1.165) is 31.2 Å². The Morgan fingerprint density at radius 1 is 1.10 bits per heavy atom. The lowest BCUT2D eigenvalue weighted by Gasteiger charge is -2.25. The van der Waals surface area contributed by atoms with Gasteiger partial charge in [0.1, 0.15) is 6.10 Å². The molecule has 2 aliphatic carbocycles. The van der Waals surface area contributed by atoms with Gasteiger partial charge >= 0.3 is 12.1 Å². The molecule has 3 fully saturated rings. The monoisotopic (exact) mass is 688 g/mol. The molecule has 2 saturated carbocycles. The zero-order valence-electron chi connectivity index (χ0n) is 27.8. The number of fused-ring (bicyclic) bond motifs is 1. The van der Waals surface area contributed by atoms with E-state index in [0.29, 0.717) is 42.6 Å². The lowest BCUT2D eigenvalue weighted by atomic mass is 10.2. The number of carbonyl (C=O) groups is 2. The maximum Gasteiger partial charge on any atom is 0.490 e. The van der Waals surface area contributed by atoms with Crippen molar-refractivity contribution in [1.82, 2.24) is 29.7 Å². The van der Waals surface area contributed by atoms with Gasteiger partial charge < -0.3 is 39.6 Å². The van der Waals surface area contributed by atoms with Crippen LogP contribution in [0.25, 0.3) is 11.2 Å². The minimum Gasteiger partial charge on any atom is -0.451 e. The number of imidazole rings is 1. The van der Waals surface area contributed by atoms with Gasteiger partial charge in [-0.3, -0.25) is 4.79 Å². The van der Waals surface area contributed by atoms with Crippen LogP contribution in [0.5, 0.6) is 0 Å². The molecule has 1 aromatic carbocycles. The first kappa shape index (κ1) is 34.8. The van der Waals surface area contributed by atoms with Crippen molar-refractivity contribution in [1.29, 1.82) is 0 Å². The van der Waals surface area contributed by atoms with Gasteiger partial charge in [-0.15, -0.1) is 0 Å². The molecule has 0 unspecified atom stereocenters. The summed E-state index contributed by atoms with van der Waals surface area (Å²) in [7, 11) is 4.02. The number of carbonyl (C=O) groups excluding carboxylic acids is 2. The predicted octanol–water partition coefficient (Wildman–Crippen LogP) is 3.19. The number of alkyl halides is 3. The molecule has 1 aliphatic heterocycles. The van der Waals surface area contributed by atoms with Crippen molar-refractivity contribution in [3.8, 4) is 0 Å². The summed E-state index contributed by atoms with van der Waals surface area (Å²) in [5.41, 5.74) is 1.74. The van der Waals surface area contributed by atoms with Gasteiger partial charge in [0.05, 0.1) is 37.2 Å². The number of anilines is 2. The Kier molecular flexibility index (Phi) is 10.3. The van der Waals surface area contributed by atoms with Crippen LogP contribution in [0.2, 0.25) is 0 Å². The Balaban J connectivity index is 1.35. The molecule has 7 atom stereocenters. The fourth-order valence-electron chi connectivity index (χ4n) is 7.03. The molecule has 3 N–H and O–H groups in total. The Labute approximate surface area is 282 Å². The number of nitrogens with zero attached hydrogens (tertiary/aromatic N) is 6. The minimum atomic E-state index is -5.28. The van der Waals surface area contributed by atoms with Gasteiger partial charge in [0.2, 0.25) is 11.9 Å². The topological polar surface area (TPSA) is 147 Å². The van der Waals surface area contributed by atoms with E-state index in [-0.39, 0.29) is 31.0 Å². The van der Waals surface area contributed by atoms with Crippen LogP contribution in [0.3, 0.4) is 0 Å². The quantitative estimate of drug-likeness (QED) is 0.255. The fourth-order valence-corrected chi connectivity index (χ4v) is 7.03. The smallest absolute Gasteiger partial charge is 0.451 e. The summed E-state index contributed by atoms with van der Waals surface area (Å²) in [6, 6.07) is 8.10. The summed E-state index contributed by atoms with van der Waals surface area (Å²) in [6.07, 6.45) is -3.63. The summed E-state index contributed by atoms with van der Waals surface area (Å²) < 4.78 is 52.9. The number of aromatic nitrogens is 4. The molecule has 1 amide bonds. The highest BCUT2D eigenvalue weighted by atomic mass is 19.4. The van der Waals surface area contributed by atoms with Gasteiger partial charge in [0.25, 0.3) is 0 Å². The number of nitrogens with one attached hydrogen (secondary N) is 2. The molecule has 16 heteroatoms. The molecule has 3 heterocycles. The summed E-state index contributed by atoms with van der Waals surface area (Å²) in [4.78, 5) is 42.9. The number of amides is 1. The zero-order chi connectivity index (χ0) is 34.9. The number of aliphatic hydroxyl groups excluding tert-OH is 1. The Morgan fingerprint density at radius 2 is 1.88 bits per heavy atom. The molecule has 266 valence electrons. The van der Waals surface area contributed by atoms with E-state index >= 15 is 0 Å². The summed E-state index contributed by atoms with van der Waals surface area (Å²) in [5, 5.41) is 17.3. The van der Waals surface area contributed by atoms with E-state index in [1.54, 1.807) is 6.92 Å². The van der Waals surface area contributed by atoms with E-state index in [9.17, 15) is 27.9 Å². The number of benzene rings is 1. The number of esters is 1. The highest BCUT2D eigenvalue weighted by Crippen LogP contribution is 2.38. The standard InChI is InChI=1S/C33H43F3N8O5/c1-4-25(45)38-22-15-23(28(27(22)46)49-31(47)33(34,35)36)44-18-37-26-29(40-32(41-30(26)44)43-14-13-20(16-43)42(2)3)39-21-11-8-12-24(21)48-17-19-9-6-5-7-10-19/h5-7,9-10,18,20-24,27-28,46H,4,8,11-17H2,1-3H3,(H,38,45)(H,39,40,41)/t20-,21+,22+,23-,24+,27-,28+/m1/s1. The number of ether oxygens (including phenoxy) is 2. The van der Waals surface area contributed by atoms with Crippen molar-refractivity contribution in [2.75, 3.05) is 37.4 Å². The van der Waals surface area contributed by atoms with Crippen LogP contribution in [0.1, 0.15) is 57.1 Å². The fraction of sp³-hybridized carbons (Fsp3) is 0.606. The SMILES string of the molecule is CCC(=O)N[C@H]1C[C@@H](n2cnc3c(N[C@H]4CCC[C@@H]4OCc4ccccc4)nc(N4CC[C@@H](N(C)C)C4)nc32)[C@H](OC(=O)C(F)(F)F)[C@@H]1O. The zero-order valence-corrected chi connectivity index (χ0v) is 27.8. The van der Waals surface area contributed by atoms with Crippen LogP contribution in [0.15, 0.2) is 36.7 Å². The van der Waals surface area contributed by atoms with Crippen LogP contribution < -0.4 is 15.5 Å². The molecule has 3 aromatic rings. The lowest BCUT2D eigenvalue weighted by Crippen LogP contribution is -2.45. The van der Waals surface area contributed by atoms with E-state index in [1.807, 2.05) is 44.4 Å². The second-order valence-electron chi connectivity index (χ2n) is 13.3. The van der Waals surface area contributed by atoms with E-state index in [4.69, 9.17) is 19.4 Å². The van der Waals surface area contributed by atoms with Crippen molar-refractivity contribution in [2.24, 2.45) is 0 Å². The number of hydrogen-bond donors (Lipinski definition) is 3. The maximum absolute atomic E-state index is 13.4.